The van der Waals surface area contributed by atoms with E-state index < -0.39 is 15.9 Å². The van der Waals surface area contributed by atoms with Crippen LogP contribution < -0.4 is 10.5 Å². The molecule has 1 amide bonds. The van der Waals surface area contributed by atoms with Crippen LogP contribution in [0.1, 0.15) is 15.9 Å². The second-order valence-electron chi connectivity index (χ2n) is 4.48. The summed E-state index contributed by atoms with van der Waals surface area (Å²) in [6.45, 7) is 0. The first-order valence-electron chi connectivity index (χ1n) is 6.04. The zero-order valence-corrected chi connectivity index (χ0v) is 11.8. The number of sulfonamides is 1. The highest BCUT2D eigenvalue weighted by molar-refractivity contribution is 7.88. The molecule has 0 unspecified atom stereocenters. The number of aromatic hydroxyl groups is 1. The van der Waals surface area contributed by atoms with Crippen LogP contribution in [0.15, 0.2) is 48.5 Å². The number of phenolic OH excluding ortho intramolecular Hbond substituents is 1. The van der Waals surface area contributed by atoms with E-state index in [0.717, 1.165) is 0 Å². The molecule has 0 fully saturated rings. The molecule has 2 aromatic carbocycles. The van der Waals surface area contributed by atoms with E-state index in [1.807, 2.05) is 0 Å². The SMILES string of the molecule is NS(=O)(=O)Cc1ccc(NC(=O)c2ccccc2O)cc1. The molecule has 0 saturated carbocycles. The van der Waals surface area contributed by atoms with E-state index in [4.69, 9.17) is 5.14 Å². The van der Waals surface area contributed by atoms with Gasteiger partial charge in [-0.2, -0.15) is 0 Å². The molecule has 2 aromatic rings. The van der Waals surface area contributed by atoms with Gasteiger partial charge in [0.2, 0.25) is 10.0 Å². The molecule has 0 aromatic heterocycles. The Hall–Kier alpha value is -2.38. The molecular formula is C14H14N2O4S. The van der Waals surface area contributed by atoms with Gasteiger partial charge < -0.3 is 10.4 Å². The molecule has 0 bridgehead atoms. The summed E-state index contributed by atoms with van der Waals surface area (Å²) in [6, 6.07) is 12.4. The Balaban J connectivity index is 2.10. The Morgan fingerprint density at radius 1 is 1.10 bits per heavy atom. The predicted octanol–water partition coefficient (Wildman–Crippen LogP) is 1.43. The van der Waals surface area contributed by atoms with Gasteiger partial charge in [0.15, 0.2) is 0 Å². The zero-order valence-electron chi connectivity index (χ0n) is 11.0. The van der Waals surface area contributed by atoms with Crippen LogP contribution in [0, 0.1) is 0 Å². The second-order valence-corrected chi connectivity index (χ2v) is 6.09. The highest BCUT2D eigenvalue weighted by Gasteiger charge is 2.10. The molecule has 0 radical (unpaired) electrons. The lowest BCUT2D eigenvalue weighted by Gasteiger charge is -2.07. The molecule has 6 nitrogen and oxygen atoms in total. The van der Waals surface area contributed by atoms with Crippen molar-refractivity contribution in [2.75, 3.05) is 5.32 Å². The fraction of sp³-hybridized carbons (Fsp3) is 0.0714. The minimum Gasteiger partial charge on any atom is -0.507 e. The van der Waals surface area contributed by atoms with E-state index in [2.05, 4.69) is 5.32 Å². The summed E-state index contributed by atoms with van der Waals surface area (Å²) in [6.07, 6.45) is 0. The maximum atomic E-state index is 12.0. The van der Waals surface area contributed by atoms with Crippen molar-refractivity contribution in [1.82, 2.24) is 0 Å². The standard InChI is InChI=1S/C14H14N2O4S/c15-21(19,20)9-10-5-7-11(8-6-10)16-14(18)12-3-1-2-4-13(12)17/h1-8,17H,9H2,(H,16,18)(H2,15,19,20). The van der Waals surface area contributed by atoms with Crippen LogP contribution in [0.5, 0.6) is 5.75 Å². The van der Waals surface area contributed by atoms with E-state index in [9.17, 15) is 18.3 Å². The Bertz CT molecular complexity index is 755. The van der Waals surface area contributed by atoms with E-state index in [-0.39, 0.29) is 17.1 Å². The lowest BCUT2D eigenvalue weighted by Crippen LogP contribution is -2.15. The Labute approximate surface area is 122 Å². The average molecular weight is 306 g/mol. The smallest absolute Gasteiger partial charge is 0.259 e. The fourth-order valence-corrected chi connectivity index (χ4v) is 2.44. The monoisotopic (exact) mass is 306 g/mol. The van der Waals surface area contributed by atoms with Gasteiger partial charge >= 0.3 is 0 Å². The largest absolute Gasteiger partial charge is 0.507 e. The first kappa shape index (κ1) is 15.0. The quantitative estimate of drug-likeness (QED) is 0.793. The second kappa shape index (κ2) is 5.94. The maximum Gasteiger partial charge on any atom is 0.259 e. The molecule has 0 heterocycles. The molecule has 0 aliphatic carbocycles. The van der Waals surface area contributed by atoms with Crippen LogP contribution in [0.4, 0.5) is 5.69 Å². The van der Waals surface area contributed by atoms with Gasteiger partial charge in [0.1, 0.15) is 5.75 Å². The first-order chi connectivity index (χ1) is 9.85. The minimum atomic E-state index is -3.58. The number of nitrogens with two attached hydrogens (primary N) is 1. The summed E-state index contributed by atoms with van der Waals surface area (Å²) < 4.78 is 21.9. The topological polar surface area (TPSA) is 109 Å². The number of hydrogen-bond donors (Lipinski definition) is 3. The molecule has 0 aliphatic heterocycles. The molecule has 0 atom stereocenters. The van der Waals surface area contributed by atoms with E-state index >= 15 is 0 Å². The third-order valence-electron chi connectivity index (χ3n) is 2.73. The molecule has 2 rings (SSSR count). The molecule has 0 aliphatic rings. The number of hydrogen-bond acceptors (Lipinski definition) is 4. The van der Waals surface area contributed by atoms with Gasteiger partial charge in [-0.25, -0.2) is 13.6 Å². The number of carbonyl (C=O) groups excluding carboxylic acids is 1. The third-order valence-corrected chi connectivity index (χ3v) is 3.46. The van der Waals surface area contributed by atoms with E-state index in [0.29, 0.717) is 11.3 Å². The highest BCUT2D eigenvalue weighted by atomic mass is 32.2. The number of amides is 1. The normalized spacial score (nSPS) is 11.1. The number of para-hydroxylation sites is 1. The molecule has 0 spiro atoms. The number of benzene rings is 2. The lowest BCUT2D eigenvalue weighted by molar-refractivity contribution is 0.102. The Morgan fingerprint density at radius 3 is 2.29 bits per heavy atom. The van der Waals surface area contributed by atoms with Crippen molar-refractivity contribution in [3.8, 4) is 5.75 Å². The van der Waals surface area contributed by atoms with Gasteiger partial charge in [0.25, 0.3) is 5.91 Å². The van der Waals surface area contributed by atoms with Gasteiger partial charge in [-0.3, -0.25) is 4.79 Å². The van der Waals surface area contributed by atoms with Gasteiger partial charge in [-0.15, -0.1) is 0 Å². The van der Waals surface area contributed by atoms with Crippen LogP contribution in [0.3, 0.4) is 0 Å². The zero-order chi connectivity index (χ0) is 15.5. The Morgan fingerprint density at radius 2 is 1.71 bits per heavy atom. The first-order valence-corrected chi connectivity index (χ1v) is 7.75. The summed E-state index contributed by atoms with van der Waals surface area (Å²) in [5.74, 6) is -0.825. The van der Waals surface area contributed by atoms with Crippen LogP contribution >= 0.6 is 0 Å². The van der Waals surface area contributed by atoms with Crippen molar-refractivity contribution in [3.63, 3.8) is 0 Å². The summed E-state index contributed by atoms with van der Waals surface area (Å²) in [4.78, 5) is 12.0. The summed E-state index contributed by atoms with van der Waals surface area (Å²) in [5.41, 5.74) is 1.17. The van der Waals surface area contributed by atoms with Gasteiger partial charge in [-0.1, -0.05) is 24.3 Å². The van der Waals surface area contributed by atoms with Crippen LogP contribution in [0.25, 0.3) is 0 Å². The Kier molecular flexibility index (Phi) is 4.25. The number of nitrogens with one attached hydrogen (secondary N) is 1. The van der Waals surface area contributed by atoms with Crippen LogP contribution in [-0.4, -0.2) is 19.4 Å². The van der Waals surface area contributed by atoms with Crippen molar-refractivity contribution < 1.29 is 18.3 Å². The number of carbonyl (C=O) groups is 1. The van der Waals surface area contributed by atoms with Crippen molar-refractivity contribution in [2.24, 2.45) is 5.14 Å². The number of rotatable bonds is 4. The van der Waals surface area contributed by atoms with Crippen molar-refractivity contribution in [1.29, 1.82) is 0 Å². The van der Waals surface area contributed by atoms with E-state index in [1.54, 1.807) is 36.4 Å². The number of primary sulfonamides is 1. The lowest BCUT2D eigenvalue weighted by atomic mass is 10.1. The highest BCUT2D eigenvalue weighted by Crippen LogP contribution is 2.18. The maximum absolute atomic E-state index is 12.0. The van der Waals surface area contributed by atoms with E-state index in [1.165, 1.54) is 12.1 Å². The van der Waals surface area contributed by atoms with Crippen LogP contribution in [-0.2, 0) is 15.8 Å². The molecule has 0 saturated heterocycles. The van der Waals surface area contributed by atoms with Crippen molar-refractivity contribution in [2.45, 2.75) is 5.75 Å². The summed E-state index contributed by atoms with van der Waals surface area (Å²) >= 11 is 0. The van der Waals surface area contributed by atoms with Crippen molar-refractivity contribution >= 4 is 21.6 Å². The molecule has 7 heteroatoms. The van der Waals surface area contributed by atoms with Gasteiger partial charge in [-0.05, 0) is 29.8 Å². The third kappa shape index (κ3) is 4.30. The summed E-state index contributed by atoms with van der Waals surface area (Å²) in [7, 11) is -3.58. The number of phenols is 1. The van der Waals surface area contributed by atoms with Gasteiger partial charge in [0.05, 0.1) is 11.3 Å². The predicted molar refractivity (Wildman–Crippen MR) is 79.3 cm³/mol. The fourth-order valence-electron chi connectivity index (χ4n) is 1.78. The minimum absolute atomic E-state index is 0.110. The molecule has 21 heavy (non-hydrogen) atoms. The molecule has 110 valence electrons. The van der Waals surface area contributed by atoms with Crippen molar-refractivity contribution in [3.05, 3.63) is 59.7 Å². The molecular weight excluding hydrogens is 292 g/mol. The van der Waals surface area contributed by atoms with Gasteiger partial charge in [0, 0.05) is 5.69 Å². The molecule has 4 N–H and O–H groups in total. The van der Waals surface area contributed by atoms with Crippen LogP contribution in [0.2, 0.25) is 0 Å². The number of anilines is 1. The summed E-state index contributed by atoms with van der Waals surface area (Å²) in [5, 5.41) is 17.2. The average Bonchev–Trinajstić information content (AvgIpc) is 2.40.